The number of benzene rings is 1. The van der Waals surface area contributed by atoms with E-state index in [1.54, 1.807) is 6.07 Å². The van der Waals surface area contributed by atoms with Gasteiger partial charge in [0.1, 0.15) is 5.82 Å². The monoisotopic (exact) mass is 349 g/mol. The molecule has 2 aromatic heterocycles. The molecule has 3 rings (SSSR count). The normalized spacial score (nSPS) is 11.2. The fraction of sp³-hybridized carbons (Fsp3) is 0.214. The third-order valence-electron chi connectivity index (χ3n) is 3.35. The number of anilines is 1. The van der Waals surface area contributed by atoms with Crippen molar-refractivity contribution in [1.29, 1.82) is 0 Å². The van der Waals surface area contributed by atoms with Gasteiger partial charge in [0.2, 0.25) is 5.95 Å². The fourth-order valence-electron chi connectivity index (χ4n) is 2.21. The Morgan fingerprint density at radius 2 is 2.05 bits per heavy atom. The third kappa shape index (κ3) is 2.37. The molecule has 0 fully saturated rings. The molecule has 108 valence electrons. The Labute approximate surface area is 129 Å². The molecule has 0 atom stereocenters. The molecule has 0 unspecified atom stereocenters. The van der Waals surface area contributed by atoms with E-state index < -0.39 is 0 Å². The molecule has 3 aromatic rings. The van der Waals surface area contributed by atoms with Crippen LogP contribution in [0.3, 0.4) is 0 Å². The number of nitrogen functional groups attached to an aromatic ring is 1. The van der Waals surface area contributed by atoms with Crippen molar-refractivity contribution in [1.82, 2.24) is 19.6 Å². The molecule has 2 N–H and O–H groups in total. The van der Waals surface area contributed by atoms with Crippen molar-refractivity contribution >= 4 is 27.5 Å². The molecule has 0 aliphatic heterocycles. The van der Waals surface area contributed by atoms with E-state index in [-0.39, 0.29) is 11.8 Å². The zero-order valence-corrected chi connectivity index (χ0v) is 13.1. The minimum absolute atomic E-state index is 0.254. The lowest BCUT2D eigenvalue weighted by Gasteiger charge is -2.03. The van der Waals surface area contributed by atoms with E-state index in [0.717, 1.165) is 15.7 Å². The van der Waals surface area contributed by atoms with Crippen molar-refractivity contribution in [3.63, 3.8) is 0 Å². The van der Waals surface area contributed by atoms with Crippen LogP contribution in [0.15, 0.2) is 22.7 Å². The first-order valence-electron chi connectivity index (χ1n) is 6.38. The summed E-state index contributed by atoms with van der Waals surface area (Å²) >= 11 is 3.43. The van der Waals surface area contributed by atoms with E-state index in [2.05, 4.69) is 31.0 Å². The van der Waals surface area contributed by atoms with E-state index in [9.17, 15) is 4.39 Å². The Balaban J connectivity index is 2.10. The highest BCUT2D eigenvalue weighted by Crippen LogP contribution is 2.23. The van der Waals surface area contributed by atoms with Crippen LogP contribution in [0.4, 0.5) is 10.3 Å². The van der Waals surface area contributed by atoms with E-state index >= 15 is 0 Å². The molecule has 1 aromatic carbocycles. The zero-order chi connectivity index (χ0) is 15.1. The Bertz CT molecular complexity index is 823. The highest BCUT2D eigenvalue weighted by atomic mass is 79.9. The number of halogens is 2. The largest absolute Gasteiger partial charge is 0.368 e. The predicted molar refractivity (Wildman–Crippen MR) is 81.6 cm³/mol. The van der Waals surface area contributed by atoms with E-state index in [1.807, 2.05) is 19.9 Å². The maximum absolute atomic E-state index is 13.9. The van der Waals surface area contributed by atoms with Gasteiger partial charge in [-0.25, -0.2) is 14.4 Å². The fourth-order valence-corrected chi connectivity index (χ4v) is 2.56. The lowest BCUT2D eigenvalue weighted by Crippen LogP contribution is -2.04. The maximum atomic E-state index is 13.9. The molecule has 21 heavy (non-hydrogen) atoms. The van der Waals surface area contributed by atoms with Crippen LogP contribution in [0.2, 0.25) is 0 Å². The summed E-state index contributed by atoms with van der Waals surface area (Å²) in [6, 6.07) is 4.99. The van der Waals surface area contributed by atoms with Crippen LogP contribution < -0.4 is 5.73 Å². The Kier molecular flexibility index (Phi) is 3.36. The van der Waals surface area contributed by atoms with Crippen molar-refractivity contribution in [3.8, 4) is 0 Å². The van der Waals surface area contributed by atoms with Crippen LogP contribution in [0.5, 0.6) is 0 Å². The van der Waals surface area contributed by atoms with E-state index in [0.29, 0.717) is 23.5 Å². The second-order valence-corrected chi connectivity index (χ2v) is 5.64. The highest BCUT2D eigenvalue weighted by Gasteiger charge is 2.15. The lowest BCUT2D eigenvalue weighted by molar-refractivity contribution is 0.610. The van der Waals surface area contributed by atoms with Crippen LogP contribution >= 0.6 is 15.9 Å². The van der Waals surface area contributed by atoms with Gasteiger partial charge in [-0.05, 0) is 47.0 Å². The molecular weight excluding hydrogens is 337 g/mol. The quantitative estimate of drug-likeness (QED) is 0.772. The van der Waals surface area contributed by atoms with Crippen LogP contribution in [0.1, 0.15) is 22.6 Å². The summed E-state index contributed by atoms with van der Waals surface area (Å²) in [5.41, 5.74) is 8.63. The van der Waals surface area contributed by atoms with Crippen LogP contribution in [-0.2, 0) is 6.42 Å². The van der Waals surface area contributed by atoms with Crippen LogP contribution in [0, 0.1) is 19.7 Å². The van der Waals surface area contributed by atoms with Gasteiger partial charge in [-0.1, -0.05) is 12.1 Å². The number of nitrogens with two attached hydrogens (primary N) is 1. The van der Waals surface area contributed by atoms with Gasteiger partial charge < -0.3 is 5.73 Å². The second-order valence-electron chi connectivity index (χ2n) is 4.84. The molecule has 7 heteroatoms. The maximum Gasteiger partial charge on any atom is 0.223 e. The van der Waals surface area contributed by atoms with Gasteiger partial charge in [-0.3, -0.25) is 0 Å². The summed E-state index contributed by atoms with van der Waals surface area (Å²) in [4.78, 5) is 8.60. The average Bonchev–Trinajstić information content (AvgIpc) is 2.85. The summed E-state index contributed by atoms with van der Waals surface area (Å²) in [6.07, 6.45) is 0.311. The molecule has 0 aliphatic rings. The topological polar surface area (TPSA) is 69.1 Å². The first kappa shape index (κ1) is 13.9. The number of hydrogen-bond acceptors (Lipinski definition) is 4. The first-order chi connectivity index (χ1) is 9.97. The number of hydrogen-bond donors (Lipinski definition) is 1. The number of rotatable bonds is 2. The summed E-state index contributed by atoms with van der Waals surface area (Å²) < 4.78 is 16.1. The minimum atomic E-state index is -0.254. The summed E-state index contributed by atoms with van der Waals surface area (Å²) in [6.45, 7) is 3.69. The predicted octanol–water partition coefficient (Wildman–Crippen LogP) is 2.82. The lowest BCUT2D eigenvalue weighted by atomic mass is 10.1. The van der Waals surface area contributed by atoms with Crippen molar-refractivity contribution in [3.05, 3.63) is 51.1 Å². The molecule has 0 saturated carbocycles. The van der Waals surface area contributed by atoms with Crippen LogP contribution in [-0.4, -0.2) is 19.6 Å². The van der Waals surface area contributed by atoms with Crippen molar-refractivity contribution < 1.29 is 4.39 Å². The molecule has 0 aliphatic carbocycles. The number of aromatic nitrogens is 4. The Morgan fingerprint density at radius 1 is 1.29 bits per heavy atom. The summed E-state index contributed by atoms with van der Waals surface area (Å²) in [5.74, 6) is 0.507. The standard InChI is InChI=1S/C14H13BrFN5/c1-7-4-3-5-10(16)9(7)6-11-19-13-12(15)8(2)18-14(17)21(13)20-11/h3-5H,6H2,1-2H3,(H2,17,18). The van der Waals surface area contributed by atoms with Gasteiger partial charge in [0.05, 0.1) is 10.2 Å². The van der Waals surface area contributed by atoms with Gasteiger partial charge in [0.25, 0.3) is 0 Å². The first-order valence-corrected chi connectivity index (χ1v) is 7.18. The third-order valence-corrected chi connectivity index (χ3v) is 4.28. The molecule has 0 radical (unpaired) electrons. The van der Waals surface area contributed by atoms with Crippen molar-refractivity contribution in [2.24, 2.45) is 0 Å². The van der Waals surface area contributed by atoms with Crippen molar-refractivity contribution in [2.75, 3.05) is 5.73 Å². The number of aryl methyl sites for hydroxylation is 2. The van der Waals surface area contributed by atoms with Gasteiger partial charge in [0.15, 0.2) is 11.5 Å². The molecule has 0 saturated heterocycles. The highest BCUT2D eigenvalue weighted by molar-refractivity contribution is 9.10. The molecule has 0 spiro atoms. The van der Waals surface area contributed by atoms with Gasteiger partial charge in [-0.15, -0.1) is 5.10 Å². The summed E-state index contributed by atoms with van der Waals surface area (Å²) in [5, 5.41) is 4.31. The molecule has 0 amide bonds. The number of fused-ring (bicyclic) bond motifs is 1. The van der Waals surface area contributed by atoms with Gasteiger partial charge in [-0.2, -0.15) is 4.52 Å². The molecule has 2 heterocycles. The van der Waals surface area contributed by atoms with E-state index in [4.69, 9.17) is 5.73 Å². The molecule has 5 nitrogen and oxygen atoms in total. The Morgan fingerprint density at radius 3 is 2.76 bits per heavy atom. The van der Waals surface area contributed by atoms with Gasteiger partial charge >= 0.3 is 0 Å². The average molecular weight is 350 g/mol. The van der Waals surface area contributed by atoms with Crippen LogP contribution in [0.25, 0.3) is 5.65 Å². The number of nitrogens with zero attached hydrogens (tertiary/aromatic N) is 4. The zero-order valence-electron chi connectivity index (χ0n) is 11.6. The van der Waals surface area contributed by atoms with Gasteiger partial charge in [0, 0.05) is 6.42 Å². The molecular formula is C14H13BrFN5. The van der Waals surface area contributed by atoms with E-state index in [1.165, 1.54) is 10.6 Å². The minimum Gasteiger partial charge on any atom is -0.368 e. The summed E-state index contributed by atoms with van der Waals surface area (Å²) in [7, 11) is 0. The SMILES string of the molecule is Cc1cccc(F)c1Cc1nc2c(Br)c(C)nc(N)n2n1. The molecule has 0 bridgehead atoms. The Hall–Kier alpha value is -2.02. The second kappa shape index (κ2) is 5.07. The van der Waals surface area contributed by atoms with Crippen molar-refractivity contribution in [2.45, 2.75) is 20.3 Å². The smallest absolute Gasteiger partial charge is 0.223 e.